The number of benzene rings is 2. The minimum Gasteiger partial charge on any atom is -0.494 e. The molecule has 0 radical (unpaired) electrons. The van der Waals surface area contributed by atoms with Gasteiger partial charge in [0.05, 0.1) is 18.6 Å². The predicted molar refractivity (Wildman–Crippen MR) is 104 cm³/mol. The molecule has 1 amide bonds. The van der Waals surface area contributed by atoms with Gasteiger partial charge in [0.2, 0.25) is 10.0 Å². The zero-order valence-electron chi connectivity index (χ0n) is 16.0. The molecule has 7 nitrogen and oxygen atoms in total. The Balaban J connectivity index is 2.06. The molecular formula is C19H25FN3O4S+. The molecule has 0 aliphatic rings. The van der Waals surface area contributed by atoms with Crippen LogP contribution in [0.25, 0.3) is 0 Å². The van der Waals surface area contributed by atoms with E-state index in [-0.39, 0.29) is 16.6 Å². The van der Waals surface area contributed by atoms with Crippen molar-refractivity contribution < 1.29 is 27.2 Å². The molecule has 2 aromatic carbocycles. The largest absolute Gasteiger partial charge is 0.494 e. The van der Waals surface area contributed by atoms with E-state index in [2.05, 4.69) is 5.32 Å². The number of anilines is 1. The second-order valence-electron chi connectivity index (χ2n) is 6.44. The van der Waals surface area contributed by atoms with Gasteiger partial charge in [-0.3, -0.25) is 4.79 Å². The predicted octanol–water partition coefficient (Wildman–Crippen LogP) is 0.914. The number of carbonyl (C=O) groups is 1. The third-order valence-corrected chi connectivity index (χ3v) is 5.49. The number of rotatable bonds is 8. The number of hydrogen-bond donors (Lipinski definition) is 3. The van der Waals surface area contributed by atoms with Crippen molar-refractivity contribution >= 4 is 21.6 Å². The van der Waals surface area contributed by atoms with Crippen molar-refractivity contribution in [2.24, 2.45) is 5.14 Å². The highest BCUT2D eigenvalue weighted by Gasteiger charge is 2.24. The summed E-state index contributed by atoms with van der Waals surface area (Å²) < 4.78 is 41.4. The Labute approximate surface area is 164 Å². The van der Waals surface area contributed by atoms with Gasteiger partial charge in [-0.25, -0.2) is 17.9 Å². The highest BCUT2D eigenvalue weighted by molar-refractivity contribution is 7.89. The Morgan fingerprint density at radius 1 is 1.25 bits per heavy atom. The first-order valence-corrected chi connectivity index (χ1v) is 10.3. The number of hydrogen-bond acceptors (Lipinski definition) is 4. The van der Waals surface area contributed by atoms with Crippen LogP contribution in [0.3, 0.4) is 0 Å². The SMILES string of the molecule is CC[NH+](Cc1ccc(OC)c(F)c1)[C@H](C)C(=O)Nc1ccc(S(N)(=O)=O)cc1. The van der Waals surface area contributed by atoms with Gasteiger partial charge in [-0.2, -0.15) is 0 Å². The fraction of sp³-hybridized carbons (Fsp3) is 0.316. The Hall–Kier alpha value is -2.49. The monoisotopic (exact) mass is 410 g/mol. The van der Waals surface area contributed by atoms with Crippen molar-refractivity contribution in [1.29, 1.82) is 0 Å². The molecule has 28 heavy (non-hydrogen) atoms. The molecule has 0 saturated heterocycles. The molecule has 0 aliphatic carbocycles. The number of likely N-dealkylation sites (N-methyl/N-ethyl adjacent to an activating group) is 1. The molecule has 2 atom stereocenters. The molecule has 0 aromatic heterocycles. The van der Waals surface area contributed by atoms with Crippen LogP contribution in [-0.4, -0.2) is 34.0 Å². The molecule has 4 N–H and O–H groups in total. The van der Waals surface area contributed by atoms with E-state index in [9.17, 15) is 17.6 Å². The number of sulfonamides is 1. The van der Waals surface area contributed by atoms with Crippen LogP contribution in [0, 0.1) is 5.82 Å². The lowest BCUT2D eigenvalue weighted by atomic mass is 10.1. The average molecular weight is 410 g/mol. The minimum atomic E-state index is -3.78. The Bertz CT molecular complexity index is 933. The van der Waals surface area contributed by atoms with E-state index < -0.39 is 21.9 Å². The standard InChI is InChI=1S/C19H24FN3O4S/c1-4-23(12-14-5-10-18(27-3)17(20)11-14)13(2)19(24)22-15-6-8-16(9-7-15)28(21,25)26/h5-11,13H,4,12H2,1-3H3,(H,22,24)(H2,21,25,26)/p+1/t13-/m1/s1. The van der Waals surface area contributed by atoms with Gasteiger partial charge in [-0.05, 0) is 56.3 Å². The molecule has 2 aromatic rings. The van der Waals surface area contributed by atoms with Gasteiger partial charge in [0.1, 0.15) is 6.54 Å². The number of quaternary nitrogens is 1. The topological polar surface area (TPSA) is 103 Å². The number of halogens is 1. The molecule has 0 aliphatic heterocycles. The van der Waals surface area contributed by atoms with Crippen molar-refractivity contribution in [3.05, 3.63) is 53.8 Å². The van der Waals surface area contributed by atoms with Gasteiger partial charge in [-0.1, -0.05) is 0 Å². The van der Waals surface area contributed by atoms with Crippen LogP contribution >= 0.6 is 0 Å². The van der Waals surface area contributed by atoms with Crippen LogP contribution in [-0.2, 0) is 21.4 Å². The van der Waals surface area contributed by atoms with Gasteiger partial charge in [0.25, 0.3) is 5.91 Å². The molecule has 0 fully saturated rings. The fourth-order valence-electron chi connectivity index (χ4n) is 2.83. The summed E-state index contributed by atoms with van der Waals surface area (Å²) in [6.45, 7) is 4.86. The smallest absolute Gasteiger partial charge is 0.282 e. The van der Waals surface area contributed by atoms with E-state index in [0.29, 0.717) is 18.8 Å². The summed E-state index contributed by atoms with van der Waals surface area (Å²) in [4.78, 5) is 13.5. The van der Waals surface area contributed by atoms with Gasteiger partial charge in [0.15, 0.2) is 17.6 Å². The average Bonchev–Trinajstić information content (AvgIpc) is 2.65. The van der Waals surface area contributed by atoms with Crippen molar-refractivity contribution in [2.75, 3.05) is 19.0 Å². The molecular weight excluding hydrogens is 385 g/mol. The van der Waals surface area contributed by atoms with Crippen molar-refractivity contribution in [1.82, 2.24) is 0 Å². The zero-order valence-corrected chi connectivity index (χ0v) is 16.8. The van der Waals surface area contributed by atoms with E-state index >= 15 is 0 Å². The summed E-state index contributed by atoms with van der Waals surface area (Å²) in [6, 6.07) is 9.96. The third kappa shape index (κ3) is 5.51. The molecule has 0 spiro atoms. The second kappa shape index (κ2) is 9.13. The van der Waals surface area contributed by atoms with Crippen LogP contribution in [0.4, 0.5) is 10.1 Å². The first kappa shape index (κ1) is 21.8. The van der Waals surface area contributed by atoms with Gasteiger partial charge < -0.3 is 15.0 Å². The molecule has 9 heteroatoms. The molecule has 0 bridgehead atoms. The van der Waals surface area contributed by atoms with E-state index in [4.69, 9.17) is 9.88 Å². The number of amides is 1. The summed E-state index contributed by atoms with van der Waals surface area (Å²) in [5.74, 6) is -0.493. The first-order valence-electron chi connectivity index (χ1n) is 8.76. The number of nitrogens with one attached hydrogen (secondary N) is 2. The normalized spacial score (nSPS) is 13.6. The van der Waals surface area contributed by atoms with Gasteiger partial charge in [-0.15, -0.1) is 0 Å². The maximum Gasteiger partial charge on any atom is 0.282 e. The fourth-order valence-corrected chi connectivity index (χ4v) is 3.35. The number of nitrogens with two attached hydrogens (primary N) is 1. The van der Waals surface area contributed by atoms with Crippen LogP contribution in [0.2, 0.25) is 0 Å². The number of ether oxygens (including phenoxy) is 1. The summed E-state index contributed by atoms with van der Waals surface area (Å²) in [5.41, 5.74) is 1.22. The number of carbonyl (C=O) groups excluding carboxylic acids is 1. The zero-order chi connectivity index (χ0) is 20.9. The van der Waals surface area contributed by atoms with E-state index in [1.54, 1.807) is 19.1 Å². The lowest BCUT2D eigenvalue weighted by Crippen LogP contribution is -3.15. The van der Waals surface area contributed by atoms with E-state index in [1.807, 2.05) is 6.92 Å². The highest BCUT2D eigenvalue weighted by atomic mass is 32.2. The Morgan fingerprint density at radius 3 is 2.39 bits per heavy atom. The van der Waals surface area contributed by atoms with Crippen LogP contribution in [0.15, 0.2) is 47.4 Å². The molecule has 2 rings (SSSR count). The van der Waals surface area contributed by atoms with Gasteiger partial charge >= 0.3 is 0 Å². The van der Waals surface area contributed by atoms with Crippen LogP contribution in [0.1, 0.15) is 19.4 Å². The van der Waals surface area contributed by atoms with Crippen molar-refractivity contribution in [2.45, 2.75) is 31.3 Å². The number of primary sulfonamides is 1. The summed E-state index contributed by atoms with van der Waals surface area (Å²) in [6.07, 6.45) is 0. The lowest BCUT2D eigenvalue weighted by molar-refractivity contribution is -0.925. The van der Waals surface area contributed by atoms with E-state index in [1.165, 1.54) is 37.4 Å². The van der Waals surface area contributed by atoms with E-state index in [0.717, 1.165) is 10.5 Å². The van der Waals surface area contributed by atoms with Crippen LogP contribution < -0.4 is 20.1 Å². The third-order valence-electron chi connectivity index (χ3n) is 4.56. The molecule has 1 unspecified atom stereocenters. The molecule has 152 valence electrons. The highest BCUT2D eigenvalue weighted by Crippen LogP contribution is 2.17. The maximum absolute atomic E-state index is 13.9. The quantitative estimate of drug-likeness (QED) is 0.602. The first-order chi connectivity index (χ1) is 13.2. The van der Waals surface area contributed by atoms with Crippen molar-refractivity contribution in [3.63, 3.8) is 0 Å². The maximum atomic E-state index is 13.9. The lowest BCUT2D eigenvalue weighted by Gasteiger charge is -2.24. The van der Waals surface area contributed by atoms with Crippen LogP contribution in [0.5, 0.6) is 5.75 Å². The minimum absolute atomic E-state index is 0.0270. The van der Waals surface area contributed by atoms with Crippen molar-refractivity contribution in [3.8, 4) is 5.75 Å². The summed E-state index contributed by atoms with van der Waals surface area (Å²) >= 11 is 0. The molecule has 0 saturated carbocycles. The summed E-state index contributed by atoms with van der Waals surface area (Å²) in [7, 11) is -2.38. The second-order valence-corrected chi connectivity index (χ2v) is 8.00. The molecule has 0 heterocycles. The number of methoxy groups -OCH3 is 1. The van der Waals surface area contributed by atoms with Gasteiger partial charge in [0, 0.05) is 11.3 Å². The Kier molecular flexibility index (Phi) is 7.11. The summed E-state index contributed by atoms with van der Waals surface area (Å²) in [5, 5.41) is 7.82. The Morgan fingerprint density at radius 2 is 1.89 bits per heavy atom.